The number of amides is 1. The number of hydrogen-bond acceptors (Lipinski definition) is 2. The first-order valence-electron chi connectivity index (χ1n) is 5.74. The molecule has 0 aromatic heterocycles. The van der Waals surface area contributed by atoms with Crippen LogP contribution < -0.4 is 5.32 Å². The molecule has 0 spiro atoms. The highest BCUT2D eigenvalue weighted by Crippen LogP contribution is 2.11. The predicted octanol–water partition coefficient (Wildman–Crippen LogP) is 2.61. The Bertz CT molecular complexity index is 456. The Kier molecular flexibility index (Phi) is 5.11. The van der Waals surface area contributed by atoms with Crippen LogP contribution in [0, 0.1) is 0 Å². The van der Waals surface area contributed by atoms with Crippen LogP contribution in [0.1, 0.15) is 25.8 Å². The van der Waals surface area contributed by atoms with Gasteiger partial charge >= 0.3 is 5.97 Å². The number of carboxylic acids is 1. The van der Waals surface area contributed by atoms with Crippen molar-refractivity contribution in [3.63, 3.8) is 0 Å². The highest BCUT2D eigenvalue weighted by Gasteiger charge is 2.01. The standard InChI is InChI=1S/C14H17NO3/c1-10(2)9-13(16)15-12-6-3-11(4-7-12)5-8-14(17)18/h3-4,6-7,9H,5,8H2,1-2H3,(H,15,16)(H,17,18). The van der Waals surface area contributed by atoms with Crippen molar-refractivity contribution in [3.05, 3.63) is 41.5 Å². The van der Waals surface area contributed by atoms with Crippen LogP contribution in [0.3, 0.4) is 0 Å². The molecule has 0 aliphatic rings. The zero-order chi connectivity index (χ0) is 13.5. The lowest BCUT2D eigenvalue weighted by Gasteiger charge is -2.04. The van der Waals surface area contributed by atoms with Crippen molar-refractivity contribution in [1.29, 1.82) is 0 Å². The number of nitrogens with one attached hydrogen (secondary N) is 1. The SMILES string of the molecule is CC(C)=CC(=O)Nc1ccc(CCC(=O)O)cc1. The van der Waals surface area contributed by atoms with Crippen LogP contribution in [0.2, 0.25) is 0 Å². The molecule has 2 N–H and O–H groups in total. The molecule has 4 nitrogen and oxygen atoms in total. The van der Waals surface area contributed by atoms with E-state index in [-0.39, 0.29) is 12.3 Å². The van der Waals surface area contributed by atoms with Crippen molar-refractivity contribution in [2.24, 2.45) is 0 Å². The molecule has 0 radical (unpaired) electrons. The van der Waals surface area contributed by atoms with E-state index < -0.39 is 5.97 Å². The summed E-state index contributed by atoms with van der Waals surface area (Å²) in [5, 5.41) is 11.3. The smallest absolute Gasteiger partial charge is 0.303 e. The van der Waals surface area contributed by atoms with Crippen molar-refractivity contribution in [3.8, 4) is 0 Å². The minimum absolute atomic E-state index is 0.115. The third-order valence-corrected chi connectivity index (χ3v) is 2.27. The lowest BCUT2D eigenvalue weighted by molar-refractivity contribution is -0.137. The Morgan fingerprint density at radius 1 is 1.22 bits per heavy atom. The molecule has 0 heterocycles. The first-order valence-corrected chi connectivity index (χ1v) is 5.74. The summed E-state index contributed by atoms with van der Waals surface area (Å²) in [6, 6.07) is 7.18. The van der Waals surface area contributed by atoms with E-state index in [4.69, 9.17) is 5.11 Å². The number of aliphatic carboxylic acids is 1. The predicted molar refractivity (Wildman–Crippen MR) is 70.5 cm³/mol. The van der Waals surface area contributed by atoms with Crippen LogP contribution in [0.4, 0.5) is 5.69 Å². The van der Waals surface area contributed by atoms with Gasteiger partial charge in [0.1, 0.15) is 0 Å². The number of allylic oxidation sites excluding steroid dienone is 1. The van der Waals surface area contributed by atoms with Gasteiger partial charge in [0.2, 0.25) is 5.91 Å². The molecule has 18 heavy (non-hydrogen) atoms. The third kappa shape index (κ3) is 5.30. The first kappa shape index (κ1) is 14.0. The van der Waals surface area contributed by atoms with Gasteiger partial charge in [0.25, 0.3) is 0 Å². The van der Waals surface area contributed by atoms with Crippen LogP contribution in [0.15, 0.2) is 35.9 Å². The molecule has 0 saturated heterocycles. The van der Waals surface area contributed by atoms with Crippen LogP contribution >= 0.6 is 0 Å². The van der Waals surface area contributed by atoms with Crippen molar-refractivity contribution in [2.45, 2.75) is 26.7 Å². The summed E-state index contributed by atoms with van der Waals surface area (Å²) >= 11 is 0. The van der Waals surface area contributed by atoms with Crippen LogP contribution in [0.25, 0.3) is 0 Å². The zero-order valence-electron chi connectivity index (χ0n) is 10.6. The van der Waals surface area contributed by atoms with Crippen LogP contribution in [-0.4, -0.2) is 17.0 Å². The van der Waals surface area contributed by atoms with Gasteiger partial charge in [-0.3, -0.25) is 9.59 Å². The summed E-state index contributed by atoms with van der Waals surface area (Å²) in [5.74, 6) is -0.968. The molecular formula is C14H17NO3. The van der Waals surface area contributed by atoms with Gasteiger partial charge in [0.05, 0.1) is 0 Å². The normalized spacial score (nSPS) is 9.67. The van der Waals surface area contributed by atoms with Crippen LogP contribution in [0.5, 0.6) is 0 Å². The molecule has 0 fully saturated rings. The van der Waals surface area contributed by atoms with E-state index in [1.165, 1.54) is 6.08 Å². The Balaban J connectivity index is 2.57. The van der Waals surface area contributed by atoms with Crippen LogP contribution in [-0.2, 0) is 16.0 Å². The second-order valence-corrected chi connectivity index (χ2v) is 4.30. The van der Waals surface area contributed by atoms with Crippen molar-refractivity contribution in [2.75, 3.05) is 5.32 Å². The van der Waals surface area contributed by atoms with E-state index in [1.54, 1.807) is 12.1 Å². The number of hydrogen-bond donors (Lipinski definition) is 2. The largest absolute Gasteiger partial charge is 0.481 e. The van der Waals surface area contributed by atoms with E-state index in [2.05, 4.69) is 5.32 Å². The number of anilines is 1. The Labute approximate surface area is 106 Å². The monoisotopic (exact) mass is 247 g/mol. The number of aryl methyl sites for hydroxylation is 1. The van der Waals surface area contributed by atoms with Gasteiger partial charge in [-0.15, -0.1) is 0 Å². The Hall–Kier alpha value is -2.10. The van der Waals surface area contributed by atoms with E-state index >= 15 is 0 Å². The van der Waals surface area contributed by atoms with Gasteiger partial charge in [0, 0.05) is 18.2 Å². The van der Waals surface area contributed by atoms with E-state index in [0.717, 1.165) is 11.1 Å². The Morgan fingerprint density at radius 2 is 1.83 bits per heavy atom. The number of carbonyl (C=O) groups excluding carboxylic acids is 1. The molecule has 1 aromatic carbocycles. The lowest BCUT2D eigenvalue weighted by atomic mass is 10.1. The van der Waals surface area contributed by atoms with E-state index in [1.807, 2.05) is 26.0 Å². The molecule has 1 amide bonds. The average molecular weight is 247 g/mol. The van der Waals surface area contributed by atoms with Crippen molar-refractivity contribution in [1.82, 2.24) is 0 Å². The summed E-state index contributed by atoms with van der Waals surface area (Å²) in [6.45, 7) is 3.71. The topological polar surface area (TPSA) is 66.4 Å². The number of rotatable bonds is 5. The summed E-state index contributed by atoms with van der Waals surface area (Å²) in [7, 11) is 0. The number of benzene rings is 1. The van der Waals surface area contributed by atoms with Gasteiger partial charge in [-0.2, -0.15) is 0 Å². The second kappa shape index (κ2) is 6.59. The quantitative estimate of drug-likeness (QED) is 0.786. The third-order valence-electron chi connectivity index (χ3n) is 2.27. The fourth-order valence-electron chi connectivity index (χ4n) is 1.45. The maximum Gasteiger partial charge on any atom is 0.303 e. The molecule has 0 bridgehead atoms. The van der Waals surface area contributed by atoms with Crippen molar-refractivity contribution < 1.29 is 14.7 Å². The molecule has 4 heteroatoms. The fourth-order valence-corrected chi connectivity index (χ4v) is 1.45. The van der Waals surface area contributed by atoms with Crippen molar-refractivity contribution >= 4 is 17.6 Å². The minimum Gasteiger partial charge on any atom is -0.481 e. The molecule has 1 aromatic rings. The molecular weight excluding hydrogens is 230 g/mol. The lowest BCUT2D eigenvalue weighted by Crippen LogP contribution is -2.08. The summed E-state index contributed by atoms with van der Waals surface area (Å²) in [6.07, 6.45) is 2.14. The molecule has 1 rings (SSSR count). The summed E-state index contributed by atoms with van der Waals surface area (Å²) in [4.78, 5) is 21.9. The summed E-state index contributed by atoms with van der Waals surface area (Å²) < 4.78 is 0. The maximum atomic E-state index is 11.5. The summed E-state index contributed by atoms with van der Waals surface area (Å²) in [5.41, 5.74) is 2.58. The number of carboxylic acid groups (broad SMARTS) is 1. The van der Waals surface area contributed by atoms with Gasteiger partial charge < -0.3 is 10.4 Å². The first-order chi connectivity index (χ1) is 8.47. The average Bonchev–Trinajstić information content (AvgIpc) is 2.26. The minimum atomic E-state index is -0.809. The fraction of sp³-hybridized carbons (Fsp3) is 0.286. The molecule has 0 aliphatic heterocycles. The van der Waals surface area contributed by atoms with E-state index in [9.17, 15) is 9.59 Å². The Morgan fingerprint density at radius 3 is 2.33 bits per heavy atom. The van der Waals surface area contributed by atoms with Gasteiger partial charge in [-0.05, 0) is 38.0 Å². The highest BCUT2D eigenvalue weighted by molar-refractivity contribution is 5.99. The molecule has 0 saturated carbocycles. The van der Waals surface area contributed by atoms with Gasteiger partial charge in [-0.1, -0.05) is 17.7 Å². The van der Waals surface area contributed by atoms with Gasteiger partial charge in [0.15, 0.2) is 0 Å². The highest BCUT2D eigenvalue weighted by atomic mass is 16.4. The molecule has 0 unspecified atom stereocenters. The maximum absolute atomic E-state index is 11.5. The molecule has 0 aliphatic carbocycles. The molecule has 96 valence electrons. The molecule has 0 atom stereocenters. The van der Waals surface area contributed by atoms with Gasteiger partial charge in [-0.25, -0.2) is 0 Å². The van der Waals surface area contributed by atoms with E-state index in [0.29, 0.717) is 12.1 Å². The zero-order valence-corrected chi connectivity index (χ0v) is 10.6. The number of carbonyl (C=O) groups is 2. The second-order valence-electron chi connectivity index (χ2n) is 4.30.